The highest BCUT2D eigenvalue weighted by atomic mass is 31.2. The van der Waals surface area contributed by atoms with Gasteiger partial charge in [-0.2, -0.15) is 0 Å². The highest BCUT2D eigenvalue weighted by Gasteiger charge is 2.26. The number of quaternary nitrogens is 1. The Bertz CT molecular complexity index is 337. The number of esters is 1. The van der Waals surface area contributed by atoms with Crippen molar-refractivity contribution in [1.82, 2.24) is 0 Å². The average molecular weight is 364 g/mol. The Kier molecular flexibility index (Phi) is 11.8. The van der Waals surface area contributed by atoms with Crippen LogP contribution in [-0.2, 0) is 18.6 Å². The van der Waals surface area contributed by atoms with Crippen molar-refractivity contribution in [3.05, 3.63) is 0 Å². The Morgan fingerprint density at radius 3 is 2.46 bits per heavy atom. The van der Waals surface area contributed by atoms with Crippen LogP contribution < -0.4 is 0 Å². The van der Waals surface area contributed by atoms with Crippen LogP contribution in [0.4, 0.5) is 0 Å². The minimum Gasteiger partial charge on any atom is -0.466 e. The first-order chi connectivity index (χ1) is 11.6. The summed E-state index contributed by atoms with van der Waals surface area (Å²) in [5.74, 6) is -0.190. The molecule has 1 fully saturated rings. The molecule has 7 heteroatoms. The molecule has 24 heavy (non-hydrogen) atoms. The third-order valence-corrected chi connectivity index (χ3v) is 5.27. The molecule has 1 rings (SSSR count). The van der Waals surface area contributed by atoms with Gasteiger partial charge in [0.05, 0.1) is 33.4 Å². The number of carbonyl (C=O) groups excluding carboxylic acids is 1. The van der Waals surface area contributed by atoms with Crippen molar-refractivity contribution < 1.29 is 28.0 Å². The van der Waals surface area contributed by atoms with Gasteiger partial charge in [-0.05, 0) is 12.8 Å². The predicted molar refractivity (Wildman–Crippen MR) is 95.4 cm³/mol. The minimum absolute atomic E-state index is 0.190. The molecule has 0 bridgehead atoms. The molecule has 142 valence electrons. The molecule has 0 aliphatic carbocycles. The first-order valence-electron chi connectivity index (χ1n) is 9.30. The lowest BCUT2D eigenvalue weighted by molar-refractivity contribution is -0.897. The van der Waals surface area contributed by atoms with E-state index in [4.69, 9.17) is 13.8 Å². The molecule has 0 saturated carbocycles. The summed E-state index contributed by atoms with van der Waals surface area (Å²) in [7, 11) is 0.393. The van der Waals surface area contributed by atoms with Crippen molar-refractivity contribution in [3.63, 3.8) is 0 Å². The highest BCUT2D eigenvalue weighted by molar-refractivity contribution is 7.40. The maximum atomic E-state index is 11.5. The number of unbranched alkanes of at least 4 members (excludes halogenated alkanes) is 3. The highest BCUT2D eigenvalue weighted by Crippen LogP contribution is 2.33. The van der Waals surface area contributed by atoms with Gasteiger partial charge in [-0.15, -0.1) is 0 Å². The summed E-state index contributed by atoms with van der Waals surface area (Å²) in [5.41, 5.74) is 0. The maximum Gasteiger partial charge on any atom is 0.330 e. The molecule has 0 radical (unpaired) electrons. The molecule has 1 unspecified atom stereocenters. The second-order valence-electron chi connectivity index (χ2n) is 6.79. The van der Waals surface area contributed by atoms with Crippen molar-refractivity contribution in [2.75, 3.05) is 46.5 Å². The molecular weight excluding hydrogens is 329 g/mol. The summed E-state index contributed by atoms with van der Waals surface area (Å²) < 4.78 is 16.7. The third kappa shape index (κ3) is 10.6. The first-order valence-corrected chi connectivity index (χ1v) is 10.4. The molecule has 1 N–H and O–H groups in total. The standard InChI is InChI=1S/C17H35NO5P/c1-3-4-5-8-14-21-17(19)10-9-15-22-24(20)23-16-13-18(2)11-6-7-12-18/h20H,3-16H2,1-2H3/q+1. The van der Waals surface area contributed by atoms with E-state index in [1.54, 1.807) is 0 Å². The van der Waals surface area contributed by atoms with Crippen molar-refractivity contribution in [2.24, 2.45) is 0 Å². The maximum absolute atomic E-state index is 11.5. The third-order valence-electron chi connectivity index (χ3n) is 4.47. The smallest absolute Gasteiger partial charge is 0.330 e. The van der Waals surface area contributed by atoms with Crippen molar-refractivity contribution in [1.29, 1.82) is 0 Å². The Morgan fingerprint density at radius 1 is 1.04 bits per heavy atom. The zero-order valence-electron chi connectivity index (χ0n) is 15.4. The van der Waals surface area contributed by atoms with Crippen LogP contribution in [-0.4, -0.2) is 61.8 Å². The normalized spacial score (nSPS) is 17.8. The van der Waals surface area contributed by atoms with E-state index in [1.165, 1.54) is 38.8 Å². The number of likely N-dealkylation sites (tertiary alicyclic amines) is 1. The van der Waals surface area contributed by atoms with E-state index in [-0.39, 0.29) is 5.97 Å². The quantitative estimate of drug-likeness (QED) is 0.222. The second-order valence-corrected chi connectivity index (χ2v) is 7.78. The first kappa shape index (κ1) is 21.8. The molecule has 0 spiro atoms. The van der Waals surface area contributed by atoms with Crippen LogP contribution in [0.1, 0.15) is 58.3 Å². The molecule has 0 aromatic heterocycles. The van der Waals surface area contributed by atoms with Crippen molar-refractivity contribution in [3.8, 4) is 0 Å². The topological polar surface area (TPSA) is 65.0 Å². The number of likely N-dealkylation sites (N-methyl/N-ethyl adjacent to an activating group) is 1. The lowest BCUT2D eigenvalue weighted by Gasteiger charge is -2.29. The van der Waals surface area contributed by atoms with E-state index in [9.17, 15) is 9.69 Å². The van der Waals surface area contributed by atoms with Gasteiger partial charge >= 0.3 is 14.6 Å². The fraction of sp³-hybridized carbons (Fsp3) is 0.941. The van der Waals surface area contributed by atoms with Crippen LogP contribution in [0.25, 0.3) is 0 Å². The van der Waals surface area contributed by atoms with Gasteiger partial charge in [0.25, 0.3) is 0 Å². The number of nitrogens with zero attached hydrogens (tertiary/aromatic N) is 1. The van der Waals surface area contributed by atoms with Crippen LogP contribution in [0, 0.1) is 0 Å². The average Bonchev–Trinajstić information content (AvgIpc) is 2.98. The molecule has 0 amide bonds. The molecular formula is C17H35NO5P+. The van der Waals surface area contributed by atoms with Crippen molar-refractivity contribution in [2.45, 2.75) is 58.3 Å². The Morgan fingerprint density at radius 2 is 1.75 bits per heavy atom. The Hall–Kier alpha value is -0.260. The van der Waals surface area contributed by atoms with Crippen LogP contribution in [0.2, 0.25) is 0 Å². The largest absolute Gasteiger partial charge is 0.466 e. The monoisotopic (exact) mass is 364 g/mol. The Balaban J connectivity index is 1.91. The van der Waals surface area contributed by atoms with Crippen LogP contribution in [0.15, 0.2) is 0 Å². The zero-order chi connectivity index (χ0) is 17.7. The minimum atomic E-state index is -1.83. The van der Waals surface area contributed by atoms with Gasteiger partial charge in [-0.3, -0.25) is 4.79 Å². The molecule has 0 aromatic carbocycles. The van der Waals surface area contributed by atoms with Gasteiger partial charge in [0.1, 0.15) is 13.2 Å². The fourth-order valence-electron chi connectivity index (χ4n) is 2.85. The van der Waals surface area contributed by atoms with Gasteiger partial charge in [0.2, 0.25) is 0 Å². The molecule has 0 aromatic rings. The van der Waals surface area contributed by atoms with Crippen LogP contribution >= 0.6 is 8.60 Å². The molecule has 1 atom stereocenters. The second kappa shape index (κ2) is 13.0. The number of carbonyl (C=O) groups is 1. The fourth-order valence-corrected chi connectivity index (χ4v) is 3.44. The summed E-state index contributed by atoms with van der Waals surface area (Å²) in [6.45, 7) is 6.78. The summed E-state index contributed by atoms with van der Waals surface area (Å²) in [6.07, 6.45) is 7.82. The van der Waals surface area contributed by atoms with Gasteiger partial charge < -0.3 is 23.2 Å². The number of ether oxygens (including phenoxy) is 1. The van der Waals surface area contributed by atoms with E-state index in [0.29, 0.717) is 32.7 Å². The number of hydrogen-bond donors (Lipinski definition) is 1. The SMILES string of the molecule is CCCCCCOC(=O)CCCOP(O)OCC[N+]1(C)CCCC1. The lowest BCUT2D eigenvalue weighted by Crippen LogP contribution is -2.43. The summed E-state index contributed by atoms with van der Waals surface area (Å²) in [5, 5.41) is 0. The lowest BCUT2D eigenvalue weighted by atomic mass is 10.2. The van der Waals surface area contributed by atoms with Crippen molar-refractivity contribution >= 4 is 14.6 Å². The number of hydrogen-bond acceptors (Lipinski definition) is 5. The van der Waals surface area contributed by atoms with E-state index in [2.05, 4.69) is 14.0 Å². The molecule has 1 aliphatic heterocycles. The summed E-state index contributed by atoms with van der Waals surface area (Å²) in [6, 6.07) is 0. The molecule has 1 saturated heterocycles. The van der Waals surface area contributed by atoms with Gasteiger partial charge in [0.15, 0.2) is 0 Å². The van der Waals surface area contributed by atoms with Gasteiger partial charge in [0, 0.05) is 19.3 Å². The predicted octanol–water partition coefficient (Wildman–Crippen LogP) is 3.38. The van der Waals surface area contributed by atoms with Gasteiger partial charge in [-0.25, -0.2) is 0 Å². The van der Waals surface area contributed by atoms with E-state index >= 15 is 0 Å². The van der Waals surface area contributed by atoms with Crippen LogP contribution in [0.5, 0.6) is 0 Å². The molecule has 1 heterocycles. The van der Waals surface area contributed by atoms with E-state index in [1.807, 2.05) is 0 Å². The van der Waals surface area contributed by atoms with Crippen LogP contribution in [0.3, 0.4) is 0 Å². The summed E-state index contributed by atoms with van der Waals surface area (Å²) in [4.78, 5) is 21.2. The molecule has 6 nitrogen and oxygen atoms in total. The number of rotatable bonds is 14. The summed E-state index contributed by atoms with van der Waals surface area (Å²) >= 11 is 0. The Labute approximate surface area is 148 Å². The van der Waals surface area contributed by atoms with E-state index in [0.717, 1.165) is 23.9 Å². The molecule has 1 aliphatic rings. The van der Waals surface area contributed by atoms with E-state index < -0.39 is 8.60 Å². The van der Waals surface area contributed by atoms with Gasteiger partial charge in [-0.1, -0.05) is 26.2 Å². The zero-order valence-corrected chi connectivity index (χ0v) is 16.3.